The van der Waals surface area contributed by atoms with E-state index in [4.69, 9.17) is 0 Å². The molecular weight excluding hydrogens is 264 g/mol. The quantitative estimate of drug-likeness (QED) is 0.745. The Balaban J connectivity index is 2.14. The lowest BCUT2D eigenvalue weighted by Gasteiger charge is -2.08. The Kier molecular flexibility index (Phi) is 3.39. The van der Waals surface area contributed by atoms with Gasteiger partial charge in [-0.25, -0.2) is 9.97 Å². The first-order valence-corrected chi connectivity index (χ1v) is 6.86. The molecule has 0 fully saturated rings. The van der Waals surface area contributed by atoms with Crippen LogP contribution in [0.3, 0.4) is 0 Å². The highest BCUT2D eigenvalue weighted by Crippen LogP contribution is 2.23. The molecule has 3 aromatic rings. The highest BCUT2D eigenvalue weighted by atomic mass is 16.1. The van der Waals surface area contributed by atoms with Crippen LogP contribution in [-0.4, -0.2) is 20.2 Å². The van der Waals surface area contributed by atoms with Gasteiger partial charge >= 0.3 is 0 Å². The summed E-state index contributed by atoms with van der Waals surface area (Å²) in [5.74, 6) is 1.24. The van der Waals surface area contributed by atoms with Crippen molar-refractivity contribution in [1.82, 2.24) is 14.4 Å². The van der Waals surface area contributed by atoms with Crippen molar-refractivity contribution in [3.05, 3.63) is 54.5 Å². The van der Waals surface area contributed by atoms with Gasteiger partial charge in [0.15, 0.2) is 5.78 Å². The van der Waals surface area contributed by atoms with Gasteiger partial charge in [0, 0.05) is 18.3 Å². The molecule has 0 aliphatic heterocycles. The first-order valence-electron chi connectivity index (χ1n) is 6.86. The number of ketones is 1. The molecule has 5 nitrogen and oxygen atoms in total. The summed E-state index contributed by atoms with van der Waals surface area (Å²) in [6.45, 7) is 3.74. The Bertz CT molecular complexity index is 777. The number of carbonyl (C=O) groups is 1. The maximum atomic E-state index is 12.4. The van der Waals surface area contributed by atoms with E-state index in [0.717, 1.165) is 5.65 Å². The molecule has 0 bridgehead atoms. The lowest BCUT2D eigenvalue weighted by atomic mass is 10.1. The molecule has 21 heavy (non-hydrogen) atoms. The standard InChI is InChI=1S/C16H16N4O/c1-11(2)15(21)14-16(18-12-7-3-5-9-17-12)20-10-6-4-8-13(20)19-14/h3-11H,1-2H3,(H,17,18). The first kappa shape index (κ1) is 13.3. The molecule has 3 rings (SSSR count). The Morgan fingerprint density at radius 2 is 2.00 bits per heavy atom. The zero-order chi connectivity index (χ0) is 14.8. The number of rotatable bonds is 4. The number of anilines is 2. The molecule has 3 aromatic heterocycles. The minimum absolute atomic E-state index is 0.0112. The van der Waals surface area contributed by atoms with Gasteiger partial charge in [-0.05, 0) is 24.3 Å². The van der Waals surface area contributed by atoms with Gasteiger partial charge in [0.1, 0.15) is 23.0 Å². The molecule has 0 unspecified atom stereocenters. The number of nitrogens with one attached hydrogen (secondary N) is 1. The zero-order valence-electron chi connectivity index (χ0n) is 11.9. The van der Waals surface area contributed by atoms with Crippen molar-refractivity contribution in [3.8, 4) is 0 Å². The molecule has 0 aliphatic carbocycles. The molecular formula is C16H16N4O. The summed E-state index contributed by atoms with van der Waals surface area (Å²) in [4.78, 5) is 21.1. The molecule has 0 atom stereocenters. The van der Waals surface area contributed by atoms with Gasteiger partial charge in [0.05, 0.1) is 0 Å². The van der Waals surface area contributed by atoms with E-state index in [9.17, 15) is 4.79 Å². The molecule has 5 heteroatoms. The smallest absolute Gasteiger partial charge is 0.187 e. The number of fused-ring (bicyclic) bond motifs is 1. The van der Waals surface area contributed by atoms with E-state index < -0.39 is 0 Å². The van der Waals surface area contributed by atoms with Crippen LogP contribution in [0, 0.1) is 5.92 Å². The first-order chi connectivity index (χ1) is 10.2. The van der Waals surface area contributed by atoms with Gasteiger partial charge in [-0.15, -0.1) is 0 Å². The third kappa shape index (κ3) is 2.50. The van der Waals surface area contributed by atoms with E-state index in [0.29, 0.717) is 17.3 Å². The van der Waals surface area contributed by atoms with Gasteiger partial charge in [0.25, 0.3) is 0 Å². The fraction of sp³-hybridized carbons (Fsp3) is 0.188. The normalized spacial score (nSPS) is 11.0. The van der Waals surface area contributed by atoms with E-state index in [-0.39, 0.29) is 11.7 Å². The van der Waals surface area contributed by atoms with Crippen LogP contribution >= 0.6 is 0 Å². The summed E-state index contributed by atoms with van der Waals surface area (Å²) < 4.78 is 1.87. The van der Waals surface area contributed by atoms with Crippen molar-refractivity contribution in [3.63, 3.8) is 0 Å². The molecule has 0 aromatic carbocycles. The SMILES string of the molecule is CC(C)C(=O)c1nc2ccccn2c1Nc1ccccn1. The predicted molar refractivity (Wildman–Crippen MR) is 81.9 cm³/mol. The van der Waals surface area contributed by atoms with E-state index >= 15 is 0 Å². The summed E-state index contributed by atoms with van der Waals surface area (Å²) in [5.41, 5.74) is 1.18. The second-order valence-corrected chi connectivity index (χ2v) is 5.10. The molecule has 106 valence electrons. The second kappa shape index (κ2) is 5.36. The number of aromatic nitrogens is 3. The van der Waals surface area contributed by atoms with Crippen LogP contribution in [0.5, 0.6) is 0 Å². The van der Waals surface area contributed by atoms with Crippen LogP contribution in [0.25, 0.3) is 5.65 Å². The number of carbonyl (C=O) groups excluding carboxylic acids is 1. The van der Waals surface area contributed by atoms with E-state index in [1.807, 2.05) is 60.8 Å². The molecule has 1 N–H and O–H groups in total. The zero-order valence-corrected chi connectivity index (χ0v) is 11.9. The summed E-state index contributed by atoms with van der Waals surface area (Å²) in [5, 5.41) is 3.20. The van der Waals surface area contributed by atoms with Crippen LogP contribution < -0.4 is 5.32 Å². The lowest BCUT2D eigenvalue weighted by Crippen LogP contribution is -2.11. The Labute approximate surface area is 122 Å². The van der Waals surface area contributed by atoms with Crippen molar-refractivity contribution in [1.29, 1.82) is 0 Å². The summed E-state index contributed by atoms with van der Waals surface area (Å²) in [7, 11) is 0. The maximum absolute atomic E-state index is 12.4. The van der Waals surface area contributed by atoms with Crippen molar-refractivity contribution in [2.24, 2.45) is 5.92 Å². The lowest BCUT2D eigenvalue weighted by molar-refractivity contribution is 0.0936. The van der Waals surface area contributed by atoms with Crippen molar-refractivity contribution in [2.75, 3.05) is 5.32 Å². The molecule has 0 radical (unpaired) electrons. The topological polar surface area (TPSA) is 59.3 Å². The van der Waals surface area contributed by atoms with Crippen LogP contribution in [-0.2, 0) is 0 Å². The molecule has 0 spiro atoms. The molecule has 0 amide bonds. The van der Waals surface area contributed by atoms with Crippen LogP contribution in [0.2, 0.25) is 0 Å². The van der Waals surface area contributed by atoms with E-state index in [2.05, 4.69) is 15.3 Å². The molecule has 0 saturated carbocycles. The van der Waals surface area contributed by atoms with Crippen molar-refractivity contribution in [2.45, 2.75) is 13.8 Å². The number of hydrogen-bond donors (Lipinski definition) is 1. The third-order valence-corrected chi connectivity index (χ3v) is 3.20. The summed E-state index contributed by atoms with van der Waals surface area (Å²) in [6.07, 6.45) is 3.58. The highest BCUT2D eigenvalue weighted by Gasteiger charge is 2.21. The monoisotopic (exact) mass is 280 g/mol. The van der Waals surface area contributed by atoms with Crippen molar-refractivity contribution < 1.29 is 4.79 Å². The fourth-order valence-corrected chi connectivity index (χ4v) is 2.12. The Morgan fingerprint density at radius 1 is 1.19 bits per heavy atom. The minimum Gasteiger partial charge on any atom is -0.324 e. The van der Waals surface area contributed by atoms with Gasteiger partial charge in [-0.1, -0.05) is 26.0 Å². The van der Waals surface area contributed by atoms with Crippen LogP contribution in [0.15, 0.2) is 48.8 Å². The van der Waals surface area contributed by atoms with Crippen LogP contribution in [0.4, 0.5) is 11.6 Å². The number of hydrogen-bond acceptors (Lipinski definition) is 4. The van der Waals surface area contributed by atoms with Gasteiger partial charge in [0.2, 0.25) is 0 Å². The summed E-state index contributed by atoms with van der Waals surface area (Å²) >= 11 is 0. The summed E-state index contributed by atoms with van der Waals surface area (Å²) in [6, 6.07) is 11.3. The Morgan fingerprint density at radius 3 is 2.71 bits per heavy atom. The van der Waals surface area contributed by atoms with Crippen LogP contribution in [0.1, 0.15) is 24.3 Å². The molecule has 0 aliphatic rings. The van der Waals surface area contributed by atoms with E-state index in [1.54, 1.807) is 6.20 Å². The van der Waals surface area contributed by atoms with Crippen molar-refractivity contribution >= 4 is 23.1 Å². The largest absolute Gasteiger partial charge is 0.324 e. The highest BCUT2D eigenvalue weighted by molar-refractivity contribution is 6.01. The number of Topliss-reactive ketones (excluding diaryl/α,β-unsaturated/α-hetero) is 1. The predicted octanol–water partition coefficient (Wildman–Crippen LogP) is 3.31. The maximum Gasteiger partial charge on any atom is 0.187 e. The third-order valence-electron chi connectivity index (χ3n) is 3.20. The average Bonchev–Trinajstić information content (AvgIpc) is 2.86. The Hall–Kier alpha value is -2.69. The second-order valence-electron chi connectivity index (χ2n) is 5.10. The van der Waals surface area contributed by atoms with Gasteiger partial charge < -0.3 is 5.32 Å². The fourth-order valence-electron chi connectivity index (χ4n) is 2.12. The number of pyridine rings is 2. The van der Waals surface area contributed by atoms with E-state index in [1.165, 1.54) is 0 Å². The number of nitrogens with zero attached hydrogens (tertiary/aromatic N) is 3. The minimum atomic E-state index is -0.112. The van der Waals surface area contributed by atoms with Gasteiger partial charge in [-0.3, -0.25) is 9.20 Å². The van der Waals surface area contributed by atoms with Gasteiger partial charge in [-0.2, -0.15) is 0 Å². The molecule has 0 saturated heterocycles. The number of imidazole rings is 1. The average molecular weight is 280 g/mol. The molecule has 3 heterocycles.